The van der Waals surface area contributed by atoms with Gasteiger partial charge in [0.15, 0.2) is 0 Å². The smallest absolute Gasteiger partial charge is 0.00135 e. The zero-order valence-corrected chi connectivity index (χ0v) is 14.8. The van der Waals surface area contributed by atoms with E-state index in [0.717, 1.165) is 6.42 Å². The van der Waals surface area contributed by atoms with E-state index in [1.807, 2.05) is 42.3 Å². The van der Waals surface area contributed by atoms with Gasteiger partial charge in [0, 0.05) is 0 Å². The van der Waals surface area contributed by atoms with Crippen LogP contribution in [0.1, 0.15) is 11.1 Å². The highest BCUT2D eigenvalue weighted by Crippen LogP contribution is 2.35. The number of rotatable bonds is 0. The Morgan fingerprint density at radius 3 is 1.14 bits per heavy atom. The lowest BCUT2D eigenvalue weighted by atomic mass is 10.1. The van der Waals surface area contributed by atoms with Gasteiger partial charge in [-0.15, -0.1) is 0 Å². The highest BCUT2D eigenvalue weighted by Gasteiger charge is 2.15. The van der Waals surface area contributed by atoms with Crippen molar-refractivity contribution in [2.45, 2.75) is 6.42 Å². The summed E-state index contributed by atoms with van der Waals surface area (Å²) in [6.07, 6.45) is 1.10. The van der Waals surface area contributed by atoms with Crippen molar-refractivity contribution in [1.82, 2.24) is 16.0 Å². The van der Waals surface area contributed by atoms with Gasteiger partial charge in [0.25, 0.3) is 0 Å². The highest BCUT2D eigenvalue weighted by molar-refractivity contribution is 5.76. The van der Waals surface area contributed by atoms with Crippen LogP contribution in [0.2, 0.25) is 0 Å². The number of benzene rings is 2. The number of nitrogens with one attached hydrogen (secondary N) is 3. The minimum absolute atomic E-state index is 1.10. The first-order chi connectivity index (χ1) is 10.7. The third kappa shape index (κ3) is 6.85. The molecule has 0 aromatic heterocycles. The summed E-state index contributed by atoms with van der Waals surface area (Å²) in [6.45, 7) is 0. The van der Waals surface area contributed by atoms with Crippen molar-refractivity contribution in [1.29, 1.82) is 0 Å². The molecule has 0 bridgehead atoms. The van der Waals surface area contributed by atoms with Crippen molar-refractivity contribution in [2.75, 3.05) is 42.3 Å². The first kappa shape index (κ1) is 20.3. The van der Waals surface area contributed by atoms with Gasteiger partial charge in [-0.2, -0.15) is 0 Å². The van der Waals surface area contributed by atoms with Gasteiger partial charge in [0.05, 0.1) is 0 Å². The zero-order valence-electron chi connectivity index (χ0n) is 14.8. The molecule has 0 heterocycles. The van der Waals surface area contributed by atoms with Gasteiger partial charge in [-0.05, 0) is 71.0 Å². The standard InChI is InChI=1S/C13H10.3C2H7N/c1-3-7-12-10(5-1)9-11-6-2-4-8-13(11)12;3*1-3-2/h1-8H,9H2;3*3H,1-2H3. The quantitative estimate of drug-likeness (QED) is 0.597. The van der Waals surface area contributed by atoms with Crippen LogP contribution in [0.3, 0.4) is 0 Å². The van der Waals surface area contributed by atoms with E-state index in [0.29, 0.717) is 0 Å². The second-order valence-corrected chi connectivity index (χ2v) is 4.99. The minimum Gasteiger partial charge on any atom is -0.323 e. The van der Waals surface area contributed by atoms with Crippen molar-refractivity contribution in [3.05, 3.63) is 59.7 Å². The van der Waals surface area contributed by atoms with Crippen molar-refractivity contribution in [3.63, 3.8) is 0 Å². The molecule has 0 atom stereocenters. The van der Waals surface area contributed by atoms with E-state index in [1.165, 1.54) is 22.3 Å². The summed E-state index contributed by atoms with van der Waals surface area (Å²) in [6, 6.07) is 17.3. The topological polar surface area (TPSA) is 36.1 Å². The van der Waals surface area contributed by atoms with E-state index in [1.54, 1.807) is 0 Å². The van der Waals surface area contributed by atoms with Crippen LogP contribution in [0.5, 0.6) is 0 Å². The lowest BCUT2D eigenvalue weighted by Crippen LogP contribution is -1.89. The summed E-state index contributed by atoms with van der Waals surface area (Å²) in [5.41, 5.74) is 5.75. The molecule has 3 rings (SSSR count). The van der Waals surface area contributed by atoms with Crippen LogP contribution in [0.15, 0.2) is 48.5 Å². The van der Waals surface area contributed by atoms with Gasteiger partial charge in [-0.25, -0.2) is 0 Å². The number of fused-ring (bicyclic) bond motifs is 3. The molecule has 2 aromatic rings. The fourth-order valence-corrected chi connectivity index (χ4v) is 2.08. The van der Waals surface area contributed by atoms with Crippen LogP contribution < -0.4 is 16.0 Å². The second kappa shape index (κ2) is 13.0. The van der Waals surface area contributed by atoms with Crippen LogP contribution in [-0.4, -0.2) is 42.3 Å². The largest absolute Gasteiger partial charge is 0.323 e. The van der Waals surface area contributed by atoms with E-state index in [9.17, 15) is 0 Å². The molecule has 0 radical (unpaired) electrons. The van der Waals surface area contributed by atoms with Gasteiger partial charge < -0.3 is 16.0 Å². The second-order valence-electron chi connectivity index (χ2n) is 4.99. The van der Waals surface area contributed by atoms with Crippen LogP contribution in [0, 0.1) is 0 Å². The Kier molecular flexibility index (Phi) is 12.0. The van der Waals surface area contributed by atoms with Crippen LogP contribution in [-0.2, 0) is 6.42 Å². The normalized spacial score (nSPS) is 9.73. The van der Waals surface area contributed by atoms with E-state index in [4.69, 9.17) is 0 Å². The summed E-state index contributed by atoms with van der Waals surface area (Å²) in [7, 11) is 11.2. The highest BCUT2D eigenvalue weighted by atomic mass is 14.7. The molecule has 3 nitrogen and oxygen atoms in total. The third-order valence-corrected chi connectivity index (χ3v) is 2.71. The van der Waals surface area contributed by atoms with E-state index < -0.39 is 0 Å². The van der Waals surface area contributed by atoms with Crippen LogP contribution >= 0.6 is 0 Å². The van der Waals surface area contributed by atoms with Gasteiger partial charge in [-0.3, -0.25) is 0 Å². The van der Waals surface area contributed by atoms with Crippen molar-refractivity contribution < 1.29 is 0 Å². The molecule has 0 aliphatic heterocycles. The molecular formula is C19H31N3. The van der Waals surface area contributed by atoms with Gasteiger partial charge in [0.2, 0.25) is 0 Å². The molecule has 0 saturated heterocycles. The molecule has 1 aliphatic rings. The average Bonchev–Trinajstić information content (AvgIpc) is 2.88. The molecule has 22 heavy (non-hydrogen) atoms. The maximum atomic E-state index is 2.75. The van der Waals surface area contributed by atoms with Crippen molar-refractivity contribution >= 4 is 0 Å². The van der Waals surface area contributed by atoms with E-state index >= 15 is 0 Å². The number of hydrogen-bond acceptors (Lipinski definition) is 3. The molecule has 0 unspecified atom stereocenters. The van der Waals surface area contributed by atoms with Gasteiger partial charge >= 0.3 is 0 Å². The summed E-state index contributed by atoms with van der Waals surface area (Å²) in [5, 5.41) is 8.25. The monoisotopic (exact) mass is 301 g/mol. The van der Waals surface area contributed by atoms with Crippen molar-refractivity contribution in [2.24, 2.45) is 0 Å². The molecule has 3 heteroatoms. The Hall–Kier alpha value is -1.68. The Morgan fingerprint density at radius 2 is 0.818 bits per heavy atom. The fourth-order valence-electron chi connectivity index (χ4n) is 2.08. The minimum atomic E-state index is 1.10. The summed E-state index contributed by atoms with van der Waals surface area (Å²) in [5.74, 6) is 0. The molecule has 0 fully saturated rings. The van der Waals surface area contributed by atoms with E-state index in [-0.39, 0.29) is 0 Å². The molecule has 3 N–H and O–H groups in total. The predicted octanol–water partition coefficient (Wildman–Crippen LogP) is 2.76. The summed E-state index contributed by atoms with van der Waals surface area (Å²) in [4.78, 5) is 0. The molecular weight excluding hydrogens is 270 g/mol. The molecule has 0 saturated carbocycles. The predicted molar refractivity (Wildman–Crippen MR) is 99.6 cm³/mol. The zero-order chi connectivity index (χ0) is 16.8. The van der Waals surface area contributed by atoms with Crippen LogP contribution in [0.25, 0.3) is 11.1 Å². The third-order valence-electron chi connectivity index (χ3n) is 2.71. The average molecular weight is 301 g/mol. The Morgan fingerprint density at radius 1 is 0.545 bits per heavy atom. The number of hydrogen-bond donors (Lipinski definition) is 3. The lowest BCUT2D eigenvalue weighted by Gasteiger charge is -1.98. The van der Waals surface area contributed by atoms with Gasteiger partial charge in [-0.1, -0.05) is 48.5 Å². The maximum Gasteiger partial charge on any atom is -0.00135 e. The SMILES string of the molecule is CNC.CNC.CNC.c1ccc2c(c1)Cc1ccccc1-2. The molecule has 0 spiro atoms. The molecule has 0 amide bonds. The lowest BCUT2D eigenvalue weighted by molar-refractivity contribution is 1.02. The van der Waals surface area contributed by atoms with Crippen molar-refractivity contribution in [3.8, 4) is 11.1 Å². The summed E-state index contributed by atoms with van der Waals surface area (Å²) < 4.78 is 0. The first-order valence-electron chi connectivity index (χ1n) is 7.61. The first-order valence-corrected chi connectivity index (χ1v) is 7.61. The fraction of sp³-hybridized carbons (Fsp3) is 0.368. The van der Waals surface area contributed by atoms with Crippen LogP contribution in [0.4, 0.5) is 0 Å². The molecule has 122 valence electrons. The van der Waals surface area contributed by atoms with Gasteiger partial charge in [0.1, 0.15) is 0 Å². The van der Waals surface area contributed by atoms with E-state index in [2.05, 4.69) is 64.5 Å². The molecule has 2 aromatic carbocycles. The Bertz CT molecular complexity index is 461. The molecule has 1 aliphatic carbocycles. The summed E-state index contributed by atoms with van der Waals surface area (Å²) >= 11 is 0. The Labute approximate surface area is 136 Å². The maximum absolute atomic E-state index is 2.75. The Balaban J connectivity index is 0.000000416.